The van der Waals surface area contributed by atoms with Gasteiger partial charge >= 0.3 is 0 Å². The summed E-state index contributed by atoms with van der Waals surface area (Å²) in [5.41, 5.74) is 0. The first kappa shape index (κ1) is 48.6. The number of rotatable bonds is 0. The average molecular weight is 514 g/mol. The van der Waals surface area contributed by atoms with Crippen molar-refractivity contribution in [1.29, 1.82) is 0 Å². The van der Waals surface area contributed by atoms with Gasteiger partial charge in [-0.3, -0.25) is 0 Å². The van der Waals surface area contributed by atoms with E-state index < -0.39 is 0 Å². The van der Waals surface area contributed by atoms with Crippen molar-refractivity contribution in [2.75, 3.05) is 0 Å². The number of hydrogen-bond acceptors (Lipinski definition) is 0. The van der Waals surface area contributed by atoms with Gasteiger partial charge in [0.15, 0.2) is 0 Å². The summed E-state index contributed by atoms with van der Waals surface area (Å²) in [6.45, 7) is 0. The Morgan fingerprint density at radius 3 is 1.00 bits per heavy atom. The maximum absolute atomic E-state index is 0. The Labute approximate surface area is 132 Å². The molecule has 0 amide bonds. The third-order valence-electron chi connectivity index (χ3n) is 0. The van der Waals surface area contributed by atoms with Gasteiger partial charge in [-0.1, -0.05) is 0 Å². The molecule has 0 heterocycles. The second kappa shape index (κ2) is 34.9. The van der Waals surface area contributed by atoms with Gasteiger partial charge in [0, 0.05) is 136 Å². The molecule has 6 heavy (non-hydrogen) atoms. The quantitative estimate of drug-likeness (QED) is 0.345. The molecular formula is BFeGaInNdSn. The van der Waals surface area contributed by atoms with Crippen LogP contribution in [-0.4, -0.2) is 78.0 Å². The van der Waals surface area contributed by atoms with Crippen molar-refractivity contribution in [3.63, 3.8) is 0 Å². The van der Waals surface area contributed by atoms with Crippen LogP contribution in [0.25, 0.3) is 0 Å². The van der Waals surface area contributed by atoms with E-state index in [2.05, 4.69) is 0 Å². The van der Waals surface area contributed by atoms with Gasteiger partial charge in [-0.2, -0.15) is 0 Å². The van der Waals surface area contributed by atoms with Crippen LogP contribution in [0.5, 0.6) is 0 Å². The third-order valence-corrected chi connectivity index (χ3v) is 0. The fraction of sp³-hybridized carbons (Fsp3) is 0. The molecule has 13 radical (unpaired) electrons. The fourth-order valence-electron chi connectivity index (χ4n) is 0. The summed E-state index contributed by atoms with van der Waals surface area (Å²) >= 11 is 0. The van der Waals surface area contributed by atoms with Crippen molar-refractivity contribution < 1.29 is 57.9 Å². The first-order valence-electron chi connectivity index (χ1n) is 0. The molecule has 0 atom stereocenters. The van der Waals surface area contributed by atoms with Gasteiger partial charge in [-0.25, -0.2) is 0 Å². The summed E-state index contributed by atoms with van der Waals surface area (Å²) < 4.78 is 0. The van der Waals surface area contributed by atoms with Gasteiger partial charge in [-0.15, -0.1) is 0 Å². The topological polar surface area (TPSA) is 0 Å². The van der Waals surface area contributed by atoms with Gasteiger partial charge in [0.25, 0.3) is 0 Å². The third kappa shape index (κ3) is 24.0. The molecule has 0 fully saturated rings. The zero-order chi connectivity index (χ0) is 0. The van der Waals surface area contributed by atoms with Crippen LogP contribution in [0.2, 0.25) is 0 Å². The van der Waals surface area contributed by atoms with Gasteiger partial charge < -0.3 is 0 Å². The summed E-state index contributed by atoms with van der Waals surface area (Å²) in [5, 5.41) is 0. The zero-order valence-electron chi connectivity index (χ0n) is 3.09. The minimum atomic E-state index is 0. The van der Waals surface area contributed by atoms with Crippen LogP contribution in [0, 0.1) is 40.8 Å². The van der Waals surface area contributed by atoms with Crippen LogP contribution in [0.15, 0.2) is 0 Å². The molecule has 0 aliphatic carbocycles. The van der Waals surface area contributed by atoms with Crippen LogP contribution < -0.4 is 0 Å². The second-order valence-electron chi connectivity index (χ2n) is 0. The van der Waals surface area contributed by atoms with Crippen LogP contribution in [-0.2, 0) is 17.1 Å². The van der Waals surface area contributed by atoms with E-state index in [0.29, 0.717) is 0 Å². The molecule has 0 unspecified atom stereocenters. The first-order chi connectivity index (χ1) is 0. The second-order valence-corrected chi connectivity index (χ2v) is 0. The Morgan fingerprint density at radius 2 is 1.00 bits per heavy atom. The Kier molecular flexibility index (Phi) is 283. The van der Waals surface area contributed by atoms with E-state index >= 15 is 0 Å². The molecule has 0 saturated heterocycles. The Morgan fingerprint density at radius 1 is 1.00 bits per heavy atom. The Balaban J connectivity index is 0. The molecule has 0 bridgehead atoms. The van der Waals surface area contributed by atoms with Crippen LogP contribution >= 0.6 is 0 Å². The summed E-state index contributed by atoms with van der Waals surface area (Å²) in [7, 11) is 0. The van der Waals surface area contributed by atoms with Crippen molar-refractivity contribution in [3.05, 3.63) is 0 Å². The maximum Gasteiger partial charge on any atom is 0 e. The van der Waals surface area contributed by atoms with Crippen LogP contribution in [0.4, 0.5) is 0 Å². The molecule has 0 spiro atoms. The molecule has 0 saturated carbocycles. The van der Waals surface area contributed by atoms with E-state index in [4.69, 9.17) is 0 Å². The monoisotopic (exact) mass is 513 g/mol. The minimum absolute atomic E-state index is 0. The average Bonchev–Trinajstić information content (AvgIpc) is 0. The van der Waals surface area contributed by atoms with E-state index in [-0.39, 0.29) is 136 Å². The summed E-state index contributed by atoms with van der Waals surface area (Å²) in [6, 6.07) is 0. The molecule has 0 aromatic heterocycles. The predicted molar refractivity (Wildman–Crippen MR) is 23.0 cm³/mol. The summed E-state index contributed by atoms with van der Waals surface area (Å²) in [5.74, 6) is 0. The zero-order valence-corrected chi connectivity index (χ0v) is 16.0. The van der Waals surface area contributed by atoms with Crippen LogP contribution in [0.3, 0.4) is 0 Å². The van der Waals surface area contributed by atoms with Crippen molar-refractivity contribution in [2.45, 2.75) is 0 Å². The standard InChI is InChI=1S/B.Fe.Ga.In.Nd.Sn. The Bertz CT molecular complexity index is 15.5. The first-order valence-corrected chi connectivity index (χ1v) is 0. The van der Waals surface area contributed by atoms with Gasteiger partial charge in [0.1, 0.15) is 0 Å². The molecule has 0 rings (SSSR count). The molecule has 0 aliphatic heterocycles. The van der Waals surface area contributed by atoms with Gasteiger partial charge in [0.05, 0.1) is 0 Å². The Hall–Kier alpha value is 4.24. The van der Waals surface area contributed by atoms with Crippen molar-refractivity contribution in [1.82, 2.24) is 0 Å². The molecule has 0 N–H and O–H groups in total. The maximum atomic E-state index is 0. The normalized spacial score (nSPS) is 0. The van der Waals surface area contributed by atoms with E-state index in [0.717, 1.165) is 0 Å². The molecular weight excluding hydrogens is 514 g/mol. The van der Waals surface area contributed by atoms with E-state index in [1.54, 1.807) is 0 Å². The van der Waals surface area contributed by atoms with Gasteiger partial charge in [0.2, 0.25) is 0 Å². The molecule has 6 heteroatoms. The van der Waals surface area contributed by atoms with E-state index in [1.165, 1.54) is 0 Å². The largest absolute Gasteiger partial charge is 0 e. The van der Waals surface area contributed by atoms with E-state index in [9.17, 15) is 0 Å². The molecule has 0 aliphatic rings. The van der Waals surface area contributed by atoms with Gasteiger partial charge in [-0.05, 0) is 0 Å². The fourth-order valence-corrected chi connectivity index (χ4v) is 0. The van der Waals surface area contributed by atoms with Crippen molar-refractivity contribution >= 4 is 78.0 Å². The van der Waals surface area contributed by atoms with Crippen LogP contribution in [0.1, 0.15) is 0 Å². The van der Waals surface area contributed by atoms with Crippen molar-refractivity contribution in [2.24, 2.45) is 0 Å². The number of hydrogen-bond donors (Lipinski definition) is 0. The van der Waals surface area contributed by atoms with E-state index in [1.807, 2.05) is 0 Å². The summed E-state index contributed by atoms with van der Waals surface area (Å²) in [6.07, 6.45) is 0. The SMILES string of the molecule is [B].[Fe].[Ga].[In].[Nd].[Sn]. The summed E-state index contributed by atoms with van der Waals surface area (Å²) in [4.78, 5) is 0. The molecule has 25 valence electrons. The minimum Gasteiger partial charge on any atom is 0 e. The smallest absolute Gasteiger partial charge is 0 e. The predicted octanol–water partition coefficient (Wildman–Crippen LogP) is -1.53. The molecule has 0 nitrogen and oxygen atoms in total. The molecule has 0 aromatic carbocycles. The molecule has 0 aromatic rings. The van der Waals surface area contributed by atoms with Crippen molar-refractivity contribution in [3.8, 4) is 0 Å².